The number of aryl methyl sites for hydroxylation is 5. The molecule has 2 aromatic carbocycles. The fraction of sp³-hybridized carbons (Fsp3) is 0.429. The zero-order valence-corrected chi connectivity index (χ0v) is 20.0. The van der Waals surface area contributed by atoms with Gasteiger partial charge in [-0.25, -0.2) is 4.79 Å². The van der Waals surface area contributed by atoms with Gasteiger partial charge in [0.05, 0.1) is 11.1 Å². The second-order valence-corrected chi connectivity index (χ2v) is 10.0. The van der Waals surface area contributed by atoms with Crippen molar-refractivity contribution in [3.05, 3.63) is 63.8 Å². The molecule has 168 valence electrons. The number of carbonyl (C=O) groups is 1. The second-order valence-electron chi connectivity index (χ2n) is 10.0. The van der Waals surface area contributed by atoms with E-state index in [-0.39, 0.29) is 0 Å². The van der Waals surface area contributed by atoms with Crippen molar-refractivity contribution in [1.29, 1.82) is 0 Å². The molecule has 1 aliphatic rings. The van der Waals surface area contributed by atoms with E-state index < -0.39 is 17.7 Å². The lowest BCUT2D eigenvalue weighted by atomic mass is 9.81. The molecule has 0 fully saturated rings. The third kappa shape index (κ3) is 4.04. The van der Waals surface area contributed by atoms with Crippen molar-refractivity contribution in [1.82, 2.24) is 4.98 Å². The van der Waals surface area contributed by atoms with Gasteiger partial charge in [-0.05, 0) is 101 Å². The number of pyridine rings is 1. The quantitative estimate of drug-likeness (QED) is 0.503. The molecule has 0 unspecified atom stereocenters. The van der Waals surface area contributed by atoms with E-state index in [0.717, 1.165) is 40.6 Å². The van der Waals surface area contributed by atoms with Crippen LogP contribution in [0.25, 0.3) is 22.0 Å². The van der Waals surface area contributed by atoms with Gasteiger partial charge < -0.3 is 9.84 Å². The van der Waals surface area contributed by atoms with Crippen molar-refractivity contribution in [3.63, 3.8) is 0 Å². The summed E-state index contributed by atoms with van der Waals surface area (Å²) in [5, 5.41) is 11.4. The van der Waals surface area contributed by atoms with E-state index in [2.05, 4.69) is 38.1 Å². The van der Waals surface area contributed by atoms with Crippen LogP contribution in [0.5, 0.6) is 0 Å². The molecule has 1 N–H and O–H groups in total. The lowest BCUT2D eigenvalue weighted by molar-refractivity contribution is -0.160. The largest absolute Gasteiger partial charge is 0.479 e. The number of nitrogens with zero attached hydrogens (tertiary/aromatic N) is 1. The molecule has 0 amide bonds. The highest BCUT2D eigenvalue weighted by atomic mass is 16.5. The Hall–Kier alpha value is -2.72. The molecule has 4 nitrogen and oxygen atoms in total. The van der Waals surface area contributed by atoms with Crippen LogP contribution >= 0.6 is 0 Å². The standard InChI is InChI=1S/C28H33NO3/c1-16-11-13-19(14-12-16)22-17(2)23-21-10-8-7-9-20(21)15-29-25(23)18(3)24(22)26(27(30)31)32-28(4,5)6/h11-15,26H,7-10H2,1-6H3,(H,30,31)/t26-/m0/s1. The molecule has 1 aromatic heterocycles. The van der Waals surface area contributed by atoms with Crippen molar-refractivity contribution in [2.24, 2.45) is 0 Å². The Labute approximate surface area is 190 Å². The van der Waals surface area contributed by atoms with Crippen molar-refractivity contribution >= 4 is 16.9 Å². The number of aliphatic carboxylic acids is 1. The van der Waals surface area contributed by atoms with Gasteiger partial charge in [0.1, 0.15) is 0 Å². The summed E-state index contributed by atoms with van der Waals surface area (Å²) >= 11 is 0. The number of aromatic nitrogens is 1. The van der Waals surface area contributed by atoms with E-state index in [1.165, 1.54) is 34.9 Å². The Bertz CT molecular complexity index is 1190. The molecule has 0 radical (unpaired) electrons. The molecule has 32 heavy (non-hydrogen) atoms. The van der Waals surface area contributed by atoms with Gasteiger partial charge in [0, 0.05) is 17.1 Å². The molecule has 0 saturated carbocycles. The lowest BCUT2D eigenvalue weighted by Gasteiger charge is -2.30. The molecule has 0 bridgehead atoms. The highest BCUT2D eigenvalue weighted by Gasteiger charge is 2.33. The van der Waals surface area contributed by atoms with Crippen molar-refractivity contribution < 1.29 is 14.6 Å². The molecule has 0 aliphatic heterocycles. The summed E-state index contributed by atoms with van der Waals surface area (Å²) in [6.45, 7) is 11.9. The third-order valence-electron chi connectivity index (χ3n) is 6.48. The Balaban J connectivity index is 2.12. The van der Waals surface area contributed by atoms with Crippen LogP contribution in [0.2, 0.25) is 0 Å². The normalized spacial score (nSPS) is 14.9. The number of carboxylic acids is 1. The summed E-state index contributed by atoms with van der Waals surface area (Å²) in [7, 11) is 0. The fourth-order valence-electron chi connectivity index (χ4n) is 5.04. The highest BCUT2D eigenvalue weighted by Crippen LogP contribution is 2.43. The van der Waals surface area contributed by atoms with E-state index in [1.807, 2.05) is 33.9 Å². The monoisotopic (exact) mass is 431 g/mol. The van der Waals surface area contributed by atoms with Crippen LogP contribution in [-0.4, -0.2) is 21.7 Å². The molecule has 3 aromatic rings. The van der Waals surface area contributed by atoms with Gasteiger partial charge in [0.2, 0.25) is 0 Å². The van der Waals surface area contributed by atoms with Crippen molar-refractivity contribution in [2.45, 2.75) is 78.9 Å². The highest BCUT2D eigenvalue weighted by molar-refractivity contribution is 5.98. The van der Waals surface area contributed by atoms with Gasteiger partial charge in [0.25, 0.3) is 0 Å². The summed E-state index contributed by atoms with van der Waals surface area (Å²) in [5.74, 6) is -0.979. The number of fused-ring (bicyclic) bond motifs is 3. The number of ether oxygens (including phenoxy) is 1. The first-order valence-electron chi connectivity index (χ1n) is 11.5. The summed E-state index contributed by atoms with van der Waals surface area (Å²) in [6.07, 6.45) is 5.40. The molecule has 0 saturated heterocycles. The second kappa shape index (κ2) is 8.32. The number of rotatable bonds is 4. The van der Waals surface area contributed by atoms with Crippen LogP contribution in [0.4, 0.5) is 0 Å². The average molecular weight is 432 g/mol. The summed E-state index contributed by atoms with van der Waals surface area (Å²) in [5.41, 5.74) is 8.86. The third-order valence-corrected chi connectivity index (χ3v) is 6.48. The van der Waals surface area contributed by atoms with Crippen LogP contribution in [0.1, 0.15) is 73.1 Å². The zero-order valence-electron chi connectivity index (χ0n) is 20.0. The number of hydrogen-bond donors (Lipinski definition) is 1. The Kier molecular flexibility index (Phi) is 5.85. The first-order valence-corrected chi connectivity index (χ1v) is 11.5. The molecular weight excluding hydrogens is 398 g/mol. The Morgan fingerprint density at radius 1 is 1.03 bits per heavy atom. The van der Waals surface area contributed by atoms with Gasteiger partial charge in [-0.15, -0.1) is 0 Å². The van der Waals surface area contributed by atoms with Crippen LogP contribution in [-0.2, 0) is 22.4 Å². The van der Waals surface area contributed by atoms with E-state index in [9.17, 15) is 9.90 Å². The number of hydrogen-bond acceptors (Lipinski definition) is 3. The van der Waals surface area contributed by atoms with Crippen LogP contribution in [0.15, 0.2) is 30.5 Å². The van der Waals surface area contributed by atoms with E-state index in [0.29, 0.717) is 5.56 Å². The Morgan fingerprint density at radius 3 is 2.31 bits per heavy atom. The minimum Gasteiger partial charge on any atom is -0.479 e. The number of carboxylic acid groups (broad SMARTS) is 1. The molecule has 1 atom stereocenters. The Morgan fingerprint density at radius 2 is 1.69 bits per heavy atom. The van der Waals surface area contributed by atoms with E-state index in [1.54, 1.807) is 0 Å². The first-order chi connectivity index (χ1) is 15.1. The summed E-state index contributed by atoms with van der Waals surface area (Å²) < 4.78 is 6.14. The summed E-state index contributed by atoms with van der Waals surface area (Å²) in [4.78, 5) is 17.4. The maximum Gasteiger partial charge on any atom is 0.337 e. The SMILES string of the molecule is Cc1ccc(-c2c([C@H](OC(C)(C)C)C(=O)O)c(C)c3ncc4c(c3c2C)CCCC4)cc1. The molecule has 1 heterocycles. The van der Waals surface area contributed by atoms with Crippen molar-refractivity contribution in [3.8, 4) is 11.1 Å². The van der Waals surface area contributed by atoms with Gasteiger partial charge in [0.15, 0.2) is 6.10 Å². The maximum atomic E-state index is 12.5. The van der Waals surface area contributed by atoms with Crippen LogP contribution < -0.4 is 0 Å². The zero-order chi connectivity index (χ0) is 23.2. The maximum absolute atomic E-state index is 12.5. The van der Waals surface area contributed by atoms with Crippen LogP contribution in [0, 0.1) is 20.8 Å². The van der Waals surface area contributed by atoms with Gasteiger partial charge in [-0.2, -0.15) is 0 Å². The smallest absolute Gasteiger partial charge is 0.337 e. The van der Waals surface area contributed by atoms with E-state index in [4.69, 9.17) is 9.72 Å². The predicted octanol–water partition coefficient (Wildman–Crippen LogP) is 6.65. The fourth-order valence-corrected chi connectivity index (χ4v) is 5.04. The molecular formula is C28H33NO3. The average Bonchev–Trinajstić information content (AvgIpc) is 2.74. The predicted molar refractivity (Wildman–Crippen MR) is 129 cm³/mol. The minimum atomic E-state index is -1.08. The topological polar surface area (TPSA) is 59.4 Å². The first kappa shape index (κ1) is 22.5. The van der Waals surface area contributed by atoms with Gasteiger partial charge >= 0.3 is 5.97 Å². The van der Waals surface area contributed by atoms with Crippen LogP contribution in [0.3, 0.4) is 0 Å². The van der Waals surface area contributed by atoms with E-state index >= 15 is 0 Å². The summed E-state index contributed by atoms with van der Waals surface area (Å²) in [6, 6.07) is 8.34. The number of benzene rings is 2. The molecule has 4 heteroatoms. The van der Waals surface area contributed by atoms with Crippen molar-refractivity contribution in [2.75, 3.05) is 0 Å². The molecule has 4 rings (SSSR count). The molecule has 0 spiro atoms. The minimum absolute atomic E-state index is 0.605. The lowest BCUT2D eigenvalue weighted by Crippen LogP contribution is -2.28. The molecule has 1 aliphatic carbocycles. The van der Waals surface area contributed by atoms with Gasteiger partial charge in [-0.1, -0.05) is 29.8 Å². The van der Waals surface area contributed by atoms with Gasteiger partial charge in [-0.3, -0.25) is 4.98 Å².